The lowest BCUT2D eigenvalue weighted by Gasteiger charge is -2.03. The zero-order valence-corrected chi connectivity index (χ0v) is 15.3. The Morgan fingerprint density at radius 3 is 2.43 bits per heavy atom. The van der Waals surface area contributed by atoms with Crippen LogP contribution in [0, 0.1) is 13.8 Å². The van der Waals surface area contributed by atoms with E-state index in [-0.39, 0.29) is 30.7 Å². The minimum atomic E-state index is 0. The van der Waals surface area contributed by atoms with E-state index in [1.165, 1.54) is 4.88 Å². The highest BCUT2D eigenvalue weighted by Gasteiger charge is 2.05. The van der Waals surface area contributed by atoms with Gasteiger partial charge in [-0.05, 0) is 33.2 Å². The van der Waals surface area contributed by atoms with Gasteiger partial charge in [-0.1, -0.05) is 12.8 Å². The normalized spacial score (nSPS) is 9.67. The number of hydrogen-bond donors (Lipinski definition) is 2. The van der Waals surface area contributed by atoms with Crippen molar-refractivity contribution in [1.29, 1.82) is 0 Å². The van der Waals surface area contributed by atoms with Crippen molar-refractivity contribution in [3.05, 3.63) is 15.6 Å². The minimum absolute atomic E-state index is 0. The smallest absolute Gasteiger partial charge is 0.220 e. The summed E-state index contributed by atoms with van der Waals surface area (Å²) in [4.78, 5) is 17.3. The maximum atomic E-state index is 11.6. The Morgan fingerprint density at radius 2 is 1.86 bits per heavy atom. The van der Waals surface area contributed by atoms with Crippen LogP contribution in [0.25, 0.3) is 0 Å². The van der Waals surface area contributed by atoms with Crippen molar-refractivity contribution in [3.63, 3.8) is 0 Å². The Bertz CT molecular complexity index is 380. The number of nitrogens with zero attached hydrogens (tertiary/aromatic N) is 1. The Kier molecular flexibility index (Phi) is 14.5. The van der Waals surface area contributed by atoms with Crippen LogP contribution < -0.4 is 11.1 Å². The summed E-state index contributed by atoms with van der Waals surface area (Å²) in [6, 6.07) is 0. The van der Waals surface area contributed by atoms with Gasteiger partial charge in [-0.2, -0.15) is 0 Å². The molecule has 0 aromatic carbocycles. The van der Waals surface area contributed by atoms with Gasteiger partial charge in [0.2, 0.25) is 5.91 Å². The second kappa shape index (κ2) is 13.3. The number of carbonyl (C=O) groups excluding carboxylic acids is 1. The first-order chi connectivity index (χ1) is 9.13. The summed E-state index contributed by atoms with van der Waals surface area (Å²) in [5, 5.41) is 4.06. The van der Waals surface area contributed by atoms with Gasteiger partial charge >= 0.3 is 0 Å². The topological polar surface area (TPSA) is 68.0 Å². The van der Waals surface area contributed by atoms with Crippen molar-refractivity contribution in [2.75, 3.05) is 13.1 Å². The molecule has 0 unspecified atom stereocenters. The number of amides is 1. The number of nitrogens with two attached hydrogens (primary N) is 1. The van der Waals surface area contributed by atoms with Crippen molar-refractivity contribution in [2.45, 2.75) is 52.4 Å². The predicted octanol–water partition coefficient (Wildman–Crippen LogP) is 3.17. The first-order valence-electron chi connectivity index (χ1n) is 7.03. The molecule has 0 saturated heterocycles. The molecule has 0 aliphatic carbocycles. The van der Waals surface area contributed by atoms with Gasteiger partial charge in [0.25, 0.3) is 0 Å². The van der Waals surface area contributed by atoms with Gasteiger partial charge in [0.05, 0.1) is 10.7 Å². The minimum Gasteiger partial charge on any atom is -0.356 e. The van der Waals surface area contributed by atoms with Crippen LogP contribution in [-0.4, -0.2) is 24.0 Å². The van der Waals surface area contributed by atoms with Crippen LogP contribution in [0.5, 0.6) is 0 Å². The monoisotopic (exact) mass is 355 g/mol. The van der Waals surface area contributed by atoms with Crippen molar-refractivity contribution in [2.24, 2.45) is 5.73 Å². The molecule has 124 valence electrons. The number of carbonyl (C=O) groups is 1. The predicted molar refractivity (Wildman–Crippen MR) is 94.9 cm³/mol. The molecule has 7 heteroatoms. The highest BCUT2D eigenvalue weighted by molar-refractivity contribution is 7.11. The van der Waals surface area contributed by atoms with Gasteiger partial charge in [-0.25, -0.2) is 4.98 Å². The third-order valence-corrected chi connectivity index (χ3v) is 4.22. The van der Waals surface area contributed by atoms with Gasteiger partial charge in [0.15, 0.2) is 0 Å². The van der Waals surface area contributed by atoms with E-state index in [2.05, 4.69) is 17.2 Å². The van der Waals surface area contributed by atoms with Crippen LogP contribution in [0.15, 0.2) is 0 Å². The van der Waals surface area contributed by atoms with Gasteiger partial charge in [0.1, 0.15) is 0 Å². The summed E-state index contributed by atoms with van der Waals surface area (Å²) in [5.74, 6) is 0.151. The average Bonchev–Trinajstić information content (AvgIpc) is 2.68. The molecule has 3 N–H and O–H groups in total. The van der Waals surface area contributed by atoms with E-state index in [0.29, 0.717) is 13.0 Å². The number of halogens is 2. The zero-order chi connectivity index (χ0) is 14.1. The molecule has 0 saturated carbocycles. The van der Waals surface area contributed by atoms with Crippen molar-refractivity contribution >= 4 is 42.1 Å². The van der Waals surface area contributed by atoms with E-state index >= 15 is 0 Å². The van der Waals surface area contributed by atoms with Crippen LogP contribution in [0.2, 0.25) is 0 Å². The first-order valence-corrected chi connectivity index (χ1v) is 7.84. The number of unbranched alkanes of at least 4 members (excludes halogenated alkanes) is 3. The second-order valence-electron chi connectivity index (χ2n) is 4.80. The summed E-state index contributed by atoms with van der Waals surface area (Å²) in [6.45, 7) is 5.54. The molecule has 1 amide bonds. The molecule has 1 aromatic heterocycles. The van der Waals surface area contributed by atoms with Crippen LogP contribution in [0.3, 0.4) is 0 Å². The molecular formula is C14H27Cl2N3OS. The lowest BCUT2D eigenvalue weighted by molar-refractivity contribution is -0.121. The van der Waals surface area contributed by atoms with Crippen LogP contribution in [-0.2, 0) is 11.2 Å². The third kappa shape index (κ3) is 10.1. The third-order valence-electron chi connectivity index (χ3n) is 3.09. The molecule has 0 fully saturated rings. The van der Waals surface area contributed by atoms with Crippen LogP contribution in [0.4, 0.5) is 0 Å². The molecule has 0 aliphatic heterocycles. The van der Waals surface area contributed by atoms with Gasteiger partial charge in [-0.3, -0.25) is 4.79 Å². The van der Waals surface area contributed by atoms with Gasteiger partial charge in [-0.15, -0.1) is 36.2 Å². The largest absolute Gasteiger partial charge is 0.356 e. The number of thiazole rings is 1. The van der Waals surface area contributed by atoms with Crippen molar-refractivity contribution in [1.82, 2.24) is 10.3 Å². The highest BCUT2D eigenvalue weighted by atomic mass is 35.5. The van der Waals surface area contributed by atoms with E-state index < -0.39 is 0 Å². The quantitative estimate of drug-likeness (QED) is 0.668. The molecule has 0 radical (unpaired) electrons. The van der Waals surface area contributed by atoms with E-state index in [4.69, 9.17) is 5.73 Å². The maximum absolute atomic E-state index is 11.6. The summed E-state index contributed by atoms with van der Waals surface area (Å²) in [5.41, 5.74) is 6.52. The summed E-state index contributed by atoms with van der Waals surface area (Å²) in [7, 11) is 0. The molecule has 1 heterocycles. The van der Waals surface area contributed by atoms with Crippen molar-refractivity contribution < 1.29 is 4.79 Å². The summed E-state index contributed by atoms with van der Waals surface area (Å²) >= 11 is 1.72. The van der Waals surface area contributed by atoms with E-state index in [0.717, 1.165) is 49.4 Å². The fraction of sp³-hybridized carbons (Fsp3) is 0.714. The van der Waals surface area contributed by atoms with Crippen LogP contribution >= 0.6 is 36.2 Å². The Balaban J connectivity index is 0. The number of hydrogen-bond acceptors (Lipinski definition) is 4. The highest BCUT2D eigenvalue weighted by Crippen LogP contribution is 2.16. The molecule has 0 aliphatic rings. The maximum Gasteiger partial charge on any atom is 0.220 e. The zero-order valence-electron chi connectivity index (χ0n) is 12.8. The SMILES string of the molecule is Cc1nc(CCNC(=O)CCCCCCN)sc1C.Cl.Cl. The molecule has 0 spiro atoms. The van der Waals surface area contributed by atoms with Crippen LogP contribution in [0.1, 0.15) is 47.7 Å². The lowest BCUT2D eigenvalue weighted by Crippen LogP contribution is -2.25. The molecule has 0 atom stereocenters. The molecule has 1 aromatic rings. The molecule has 1 rings (SSSR count). The molecule has 0 bridgehead atoms. The number of aromatic nitrogens is 1. The molecule has 4 nitrogen and oxygen atoms in total. The van der Waals surface area contributed by atoms with Gasteiger partial charge < -0.3 is 11.1 Å². The molecule has 21 heavy (non-hydrogen) atoms. The summed E-state index contributed by atoms with van der Waals surface area (Å²) < 4.78 is 0. The Labute approximate surface area is 144 Å². The van der Waals surface area contributed by atoms with Gasteiger partial charge in [0, 0.05) is 24.3 Å². The Morgan fingerprint density at radius 1 is 1.19 bits per heavy atom. The Hall–Kier alpha value is -0.360. The van der Waals surface area contributed by atoms with E-state index in [9.17, 15) is 4.79 Å². The lowest BCUT2D eigenvalue weighted by atomic mass is 10.1. The fourth-order valence-electron chi connectivity index (χ4n) is 1.83. The molecular weight excluding hydrogens is 329 g/mol. The van der Waals surface area contributed by atoms with E-state index in [1.54, 1.807) is 11.3 Å². The number of aryl methyl sites for hydroxylation is 2. The first kappa shape index (κ1) is 22.9. The van der Waals surface area contributed by atoms with E-state index in [1.807, 2.05) is 6.92 Å². The number of rotatable bonds is 9. The van der Waals surface area contributed by atoms with Crippen molar-refractivity contribution in [3.8, 4) is 0 Å². The summed E-state index contributed by atoms with van der Waals surface area (Å²) in [6.07, 6.45) is 5.70. The number of nitrogens with one attached hydrogen (secondary N) is 1. The average molecular weight is 356 g/mol. The second-order valence-corrected chi connectivity index (χ2v) is 6.09. The standard InChI is InChI=1S/C14H25N3OS.2ClH/c1-11-12(2)19-14(17-11)8-10-16-13(18)7-5-3-4-6-9-15;;/h3-10,15H2,1-2H3,(H,16,18);2*1H. The fourth-order valence-corrected chi connectivity index (χ4v) is 2.76.